The van der Waals surface area contributed by atoms with Crippen LogP contribution in [0.25, 0.3) is 0 Å². The maximum atomic E-state index is 11.8. The smallest absolute Gasteiger partial charge is 0.410 e. The van der Waals surface area contributed by atoms with Crippen molar-refractivity contribution >= 4 is 30.0 Å². The number of nitrogens with two attached hydrogens (primary N) is 2. The molecule has 1 amide bonds. The van der Waals surface area contributed by atoms with Gasteiger partial charge in [0.05, 0.1) is 18.8 Å². The Morgan fingerprint density at radius 3 is 1.59 bits per heavy atom. The first-order valence-corrected chi connectivity index (χ1v) is 16.7. The van der Waals surface area contributed by atoms with Crippen molar-refractivity contribution in [2.24, 2.45) is 40.1 Å². The number of carbonyl (C=O) groups excluding carboxylic acids is 2. The van der Waals surface area contributed by atoms with Crippen molar-refractivity contribution in [3.05, 3.63) is 0 Å². The molecule has 0 aromatic carbocycles. The second-order valence-corrected chi connectivity index (χ2v) is 13.7. The average molecular weight is 660 g/mol. The van der Waals surface area contributed by atoms with Gasteiger partial charge < -0.3 is 41.6 Å². The minimum absolute atomic E-state index is 0.0329. The molecule has 0 radical (unpaired) electrons. The molecule has 0 aliphatic heterocycles. The SMILES string of the molecule is CC(C)C[C@H](CN)CC(=O)O.CC(OC(=O)NCC1(CC(=O)O)CCCCC1)OC(=O)C(C)C.NCC1(CC(=O)O)CCCCC1. The van der Waals surface area contributed by atoms with Crippen molar-refractivity contribution in [1.29, 1.82) is 0 Å². The van der Waals surface area contributed by atoms with Gasteiger partial charge in [-0.15, -0.1) is 0 Å². The molecule has 0 bridgehead atoms. The normalized spacial score (nSPS) is 18.0. The van der Waals surface area contributed by atoms with Crippen molar-refractivity contribution < 1.29 is 48.8 Å². The number of carboxylic acids is 3. The molecule has 2 saturated carbocycles. The standard InChI is InChI=1S/C16H27NO6.C9H17NO2.C8H17NO2/c1-11(2)14(20)22-12(3)23-15(21)17-10-16(9-13(18)19)7-5-4-6-8-16;10-7-9(6-8(11)12)4-2-1-3-5-9;1-6(2)3-7(5-9)4-8(10)11/h11-12H,4-10H2,1-3H3,(H,17,21)(H,18,19);1-7,10H2,(H,11,12);6-7H,3-5,9H2,1-2H3,(H,10,11)/t;;7-/m..0/s1. The largest absolute Gasteiger partial charge is 0.481 e. The van der Waals surface area contributed by atoms with Gasteiger partial charge in [0.25, 0.3) is 0 Å². The number of nitrogens with one attached hydrogen (secondary N) is 1. The van der Waals surface area contributed by atoms with Gasteiger partial charge >= 0.3 is 30.0 Å². The Balaban J connectivity index is 0.000000737. The lowest BCUT2D eigenvalue weighted by Gasteiger charge is -2.36. The van der Waals surface area contributed by atoms with Crippen LogP contribution in [0.2, 0.25) is 0 Å². The number of alkyl carbamates (subject to hydrolysis) is 1. The van der Waals surface area contributed by atoms with Crippen LogP contribution in [0.5, 0.6) is 0 Å². The van der Waals surface area contributed by atoms with E-state index in [2.05, 4.69) is 19.2 Å². The average Bonchev–Trinajstić information content (AvgIpc) is 2.96. The van der Waals surface area contributed by atoms with E-state index in [0.29, 0.717) is 19.0 Å². The Hall–Kier alpha value is -2.93. The van der Waals surface area contributed by atoms with Crippen LogP contribution in [0.15, 0.2) is 0 Å². The molecule has 0 aromatic heterocycles. The molecule has 1 unspecified atom stereocenters. The van der Waals surface area contributed by atoms with E-state index in [9.17, 15) is 24.0 Å². The van der Waals surface area contributed by atoms with Gasteiger partial charge in [-0.25, -0.2) is 4.79 Å². The lowest BCUT2D eigenvalue weighted by Crippen LogP contribution is -2.41. The zero-order valence-corrected chi connectivity index (χ0v) is 28.7. The summed E-state index contributed by atoms with van der Waals surface area (Å²) in [5.41, 5.74) is 10.5. The van der Waals surface area contributed by atoms with E-state index < -0.39 is 41.7 Å². The number of hydrogen-bond donors (Lipinski definition) is 6. The Labute approximate surface area is 274 Å². The van der Waals surface area contributed by atoms with Crippen LogP contribution >= 0.6 is 0 Å². The Bertz CT molecular complexity index is 929. The summed E-state index contributed by atoms with van der Waals surface area (Å²) in [6, 6.07) is 0. The van der Waals surface area contributed by atoms with Gasteiger partial charge in [0.1, 0.15) is 0 Å². The van der Waals surface area contributed by atoms with Gasteiger partial charge in [0, 0.05) is 19.9 Å². The van der Waals surface area contributed by atoms with Crippen LogP contribution in [-0.2, 0) is 28.7 Å². The fourth-order valence-electron chi connectivity index (χ4n) is 6.07. The van der Waals surface area contributed by atoms with Crippen LogP contribution < -0.4 is 16.8 Å². The number of ether oxygens (including phenoxy) is 2. The second-order valence-electron chi connectivity index (χ2n) is 13.7. The number of rotatable bonds is 15. The minimum atomic E-state index is -0.980. The van der Waals surface area contributed by atoms with E-state index in [1.807, 2.05) is 0 Å². The van der Waals surface area contributed by atoms with E-state index in [0.717, 1.165) is 64.2 Å². The summed E-state index contributed by atoms with van der Waals surface area (Å²) in [4.78, 5) is 55.2. The molecule has 0 saturated heterocycles. The van der Waals surface area contributed by atoms with Gasteiger partial charge in [-0.05, 0) is 67.9 Å². The summed E-state index contributed by atoms with van der Waals surface area (Å²) in [5, 5.41) is 28.9. The van der Waals surface area contributed by atoms with Crippen molar-refractivity contribution in [1.82, 2.24) is 5.32 Å². The fourth-order valence-corrected chi connectivity index (χ4v) is 6.07. The van der Waals surface area contributed by atoms with Crippen LogP contribution in [0.4, 0.5) is 4.79 Å². The Kier molecular flexibility index (Phi) is 21.1. The van der Waals surface area contributed by atoms with Crippen molar-refractivity contribution in [3.8, 4) is 0 Å². The third-order valence-electron chi connectivity index (χ3n) is 8.55. The predicted molar refractivity (Wildman–Crippen MR) is 174 cm³/mol. The number of esters is 1. The molecule has 46 heavy (non-hydrogen) atoms. The van der Waals surface area contributed by atoms with Gasteiger partial charge in [0.15, 0.2) is 0 Å². The van der Waals surface area contributed by atoms with E-state index >= 15 is 0 Å². The molecule has 268 valence electrons. The highest BCUT2D eigenvalue weighted by molar-refractivity contribution is 5.72. The lowest BCUT2D eigenvalue weighted by molar-refractivity contribution is -0.168. The van der Waals surface area contributed by atoms with E-state index in [4.69, 9.17) is 36.3 Å². The maximum absolute atomic E-state index is 11.8. The van der Waals surface area contributed by atoms with Crippen LogP contribution in [0, 0.1) is 28.6 Å². The predicted octanol–water partition coefficient (Wildman–Crippen LogP) is 5.14. The van der Waals surface area contributed by atoms with Crippen LogP contribution in [-0.4, -0.2) is 71.2 Å². The van der Waals surface area contributed by atoms with Crippen LogP contribution in [0.3, 0.4) is 0 Å². The molecule has 8 N–H and O–H groups in total. The summed E-state index contributed by atoms with van der Waals surface area (Å²) >= 11 is 0. The monoisotopic (exact) mass is 659 g/mol. The highest BCUT2D eigenvalue weighted by Gasteiger charge is 2.35. The van der Waals surface area contributed by atoms with E-state index in [-0.39, 0.29) is 43.1 Å². The molecule has 0 spiro atoms. The Morgan fingerprint density at radius 1 is 0.717 bits per heavy atom. The number of aliphatic carboxylic acids is 3. The summed E-state index contributed by atoms with van der Waals surface area (Å²) in [6.07, 6.45) is 9.80. The number of hydrogen-bond acceptors (Lipinski definition) is 9. The number of carbonyl (C=O) groups is 5. The van der Waals surface area contributed by atoms with Crippen LogP contribution in [0.1, 0.15) is 125 Å². The third kappa shape index (κ3) is 19.6. The third-order valence-corrected chi connectivity index (χ3v) is 8.55. The van der Waals surface area contributed by atoms with Gasteiger partial charge in [0.2, 0.25) is 6.29 Å². The molecule has 2 rings (SSSR count). The Morgan fingerprint density at radius 2 is 1.20 bits per heavy atom. The number of amides is 1. The summed E-state index contributed by atoms with van der Waals surface area (Å²) in [5.74, 6) is -2.38. The molecular formula is C33H61N3O10. The highest BCUT2D eigenvalue weighted by Crippen LogP contribution is 2.39. The molecule has 0 heterocycles. The fraction of sp³-hybridized carbons (Fsp3) is 0.848. The molecule has 0 aromatic rings. The minimum Gasteiger partial charge on any atom is -0.481 e. The van der Waals surface area contributed by atoms with Gasteiger partial charge in [-0.1, -0.05) is 66.2 Å². The zero-order chi connectivity index (χ0) is 35.3. The molecule has 2 aliphatic carbocycles. The first-order chi connectivity index (χ1) is 21.5. The quantitative estimate of drug-likeness (QED) is 0.0992. The topological polar surface area (TPSA) is 229 Å². The van der Waals surface area contributed by atoms with E-state index in [1.165, 1.54) is 13.3 Å². The molecule has 2 aliphatic rings. The van der Waals surface area contributed by atoms with Crippen molar-refractivity contribution in [2.75, 3.05) is 19.6 Å². The van der Waals surface area contributed by atoms with Gasteiger partial charge in [-0.2, -0.15) is 0 Å². The summed E-state index contributed by atoms with van der Waals surface area (Å²) in [7, 11) is 0. The van der Waals surface area contributed by atoms with Crippen molar-refractivity contribution in [2.45, 2.75) is 131 Å². The van der Waals surface area contributed by atoms with E-state index in [1.54, 1.807) is 13.8 Å². The molecule has 13 nitrogen and oxygen atoms in total. The molecular weight excluding hydrogens is 598 g/mol. The van der Waals surface area contributed by atoms with Crippen molar-refractivity contribution in [3.63, 3.8) is 0 Å². The maximum Gasteiger partial charge on any atom is 0.410 e. The summed E-state index contributed by atoms with van der Waals surface area (Å²) in [6.45, 7) is 10.2. The molecule has 13 heteroatoms. The highest BCUT2D eigenvalue weighted by atomic mass is 16.7. The second kappa shape index (κ2) is 22.6. The lowest BCUT2D eigenvalue weighted by atomic mass is 9.72. The number of carboxylic acid groups (broad SMARTS) is 3. The molecule has 2 fully saturated rings. The van der Waals surface area contributed by atoms with Gasteiger partial charge in [-0.3, -0.25) is 19.2 Å². The summed E-state index contributed by atoms with van der Waals surface area (Å²) < 4.78 is 9.92. The first-order valence-electron chi connectivity index (χ1n) is 16.7. The molecule has 2 atom stereocenters. The first kappa shape index (κ1) is 43.1. The zero-order valence-electron chi connectivity index (χ0n) is 28.7.